The summed E-state index contributed by atoms with van der Waals surface area (Å²) in [5, 5.41) is 5.19. The third-order valence-corrected chi connectivity index (χ3v) is 7.79. The van der Waals surface area contributed by atoms with Crippen LogP contribution in [0, 0.1) is 13.8 Å². The summed E-state index contributed by atoms with van der Waals surface area (Å²) in [6.45, 7) is 4.04. The summed E-state index contributed by atoms with van der Waals surface area (Å²) < 4.78 is 1.19. The number of hydrogen-bond donors (Lipinski definition) is 1. The lowest BCUT2D eigenvalue weighted by Crippen LogP contribution is -2.13. The van der Waals surface area contributed by atoms with Crippen molar-refractivity contribution in [1.29, 1.82) is 0 Å². The van der Waals surface area contributed by atoms with Crippen molar-refractivity contribution in [3.8, 4) is 10.6 Å². The number of anilines is 1. The van der Waals surface area contributed by atoms with Gasteiger partial charge in [0, 0.05) is 16.0 Å². The molecule has 1 N–H and O–H groups in total. The minimum Gasteiger partial charge on any atom is -0.313 e. The molecule has 0 atom stereocenters. The number of para-hydroxylation sites is 1. The number of nitrogens with zero attached hydrogens (tertiary/aromatic N) is 1. The second-order valence-corrected chi connectivity index (χ2v) is 9.81. The Labute approximate surface area is 178 Å². The molecule has 0 saturated heterocycles. The normalized spacial score (nSPS) is 13.4. The van der Waals surface area contributed by atoms with Crippen LogP contribution in [-0.4, -0.2) is 10.9 Å². The zero-order valence-electron chi connectivity index (χ0n) is 16.5. The predicted octanol–water partition coefficient (Wildman–Crippen LogP) is 6.77. The van der Waals surface area contributed by atoms with Gasteiger partial charge in [-0.25, -0.2) is 4.98 Å². The minimum absolute atomic E-state index is 0.0385. The van der Waals surface area contributed by atoms with Crippen LogP contribution in [0.1, 0.15) is 44.8 Å². The zero-order valence-corrected chi connectivity index (χ0v) is 18.2. The van der Waals surface area contributed by atoms with Crippen molar-refractivity contribution in [1.82, 2.24) is 4.98 Å². The van der Waals surface area contributed by atoms with E-state index in [1.807, 2.05) is 32.0 Å². The summed E-state index contributed by atoms with van der Waals surface area (Å²) in [4.78, 5) is 19.4. The molecule has 0 bridgehead atoms. The van der Waals surface area contributed by atoms with E-state index in [0.29, 0.717) is 0 Å². The van der Waals surface area contributed by atoms with Crippen molar-refractivity contribution < 1.29 is 4.79 Å². The van der Waals surface area contributed by atoms with Crippen molar-refractivity contribution in [2.45, 2.75) is 39.5 Å². The molecule has 0 radical (unpaired) electrons. The average molecular weight is 419 g/mol. The maximum atomic E-state index is 13.1. The number of benzene rings is 2. The lowest BCUT2D eigenvalue weighted by atomic mass is 9.95. The maximum Gasteiger partial charge on any atom is 0.256 e. The van der Waals surface area contributed by atoms with E-state index in [9.17, 15) is 4.79 Å². The van der Waals surface area contributed by atoms with Crippen LogP contribution in [0.4, 0.5) is 5.00 Å². The molecule has 3 nitrogen and oxygen atoms in total. The quantitative estimate of drug-likeness (QED) is 0.399. The van der Waals surface area contributed by atoms with E-state index in [1.165, 1.54) is 33.5 Å². The molecule has 1 amide bonds. The number of aryl methyl sites for hydroxylation is 3. The summed E-state index contributed by atoms with van der Waals surface area (Å²) in [6.07, 6.45) is 4.58. The van der Waals surface area contributed by atoms with Crippen LogP contribution in [0.5, 0.6) is 0 Å². The van der Waals surface area contributed by atoms with Crippen LogP contribution >= 0.6 is 22.7 Å². The third-order valence-electron chi connectivity index (χ3n) is 5.53. The van der Waals surface area contributed by atoms with Gasteiger partial charge in [-0.15, -0.1) is 22.7 Å². The fraction of sp³-hybridized carbons (Fsp3) is 0.250. The Hall–Kier alpha value is -2.50. The molecular formula is C24H22N2OS2. The molecule has 146 valence electrons. The van der Waals surface area contributed by atoms with E-state index in [1.54, 1.807) is 22.7 Å². The van der Waals surface area contributed by atoms with E-state index in [-0.39, 0.29) is 5.91 Å². The first-order valence-corrected chi connectivity index (χ1v) is 11.6. The lowest BCUT2D eigenvalue weighted by Gasteiger charge is -2.12. The van der Waals surface area contributed by atoms with Crippen molar-refractivity contribution in [3.05, 3.63) is 69.6 Å². The molecule has 2 aromatic carbocycles. The number of amides is 1. The van der Waals surface area contributed by atoms with Crippen molar-refractivity contribution >= 4 is 43.8 Å². The summed E-state index contributed by atoms with van der Waals surface area (Å²) in [5.74, 6) is -0.0385. The topological polar surface area (TPSA) is 42.0 Å². The number of nitrogens with one attached hydrogen (secondary N) is 1. The fourth-order valence-corrected chi connectivity index (χ4v) is 6.49. The molecule has 0 spiro atoms. The highest BCUT2D eigenvalue weighted by Gasteiger charge is 2.25. The Morgan fingerprint density at radius 2 is 1.86 bits per heavy atom. The molecular weight excluding hydrogens is 396 g/mol. The first-order valence-electron chi connectivity index (χ1n) is 9.99. The van der Waals surface area contributed by atoms with Gasteiger partial charge in [0.15, 0.2) is 0 Å². The number of rotatable bonds is 3. The molecule has 0 aliphatic heterocycles. The minimum atomic E-state index is -0.0385. The molecule has 4 aromatic rings. The van der Waals surface area contributed by atoms with E-state index >= 15 is 0 Å². The predicted molar refractivity (Wildman–Crippen MR) is 123 cm³/mol. The Morgan fingerprint density at radius 1 is 1.03 bits per heavy atom. The van der Waals surface area contributed by atoms with Crippen LogP contribution in [0.3, 0.4) is 0 Å². The molecule has 5 rings (SSSR count). The number of thiazole rings is 1. The van der Waals surface area contributed by atoms with Crippen molar-refractivity contribution in [2.75, 3.05) is 5.32 Å². The van der Waals surface area contributed by atoms with Gasteiger partial charge < -0.3 is 5.32 Å². The highest BCUT2D eigenvalue weighted by Crippen LogP contribution is 2.46. The number of thiophene rings is 1. The highest BCUT2D eigenvalue weighted by molar-refractivity contribution is 7.23. The molecule has 1 aliphatic rings. The number of carbonyl (C=O) groups excluding carboxylic acids is 1. The molecule has 5 heteroatoms. The van der Waals surface area contributed by atoms with E-state index in [2.05, 4.69) is 29.6 Å². The van der Waals surface area contributed by atoms with Gasteiger partial charge in [-0.3, -0.25) is 4.79 Å². The van der Waals surface area contributed by atoms with Crippen LogP contribution in [0.15, 0.2) is 42.5 Å². The van der Waals surface area contributed by atoms with Crippen molar-refractivity contribution in [2.24, 2.45) is 0 Å². The Balaban J connectivity index is 1.59. The SMILES string of the molecule is Cc1ccc(C(=O)Nc2sc3c(c2-c2nc4ccccc4s2)CCCC3)c(C)c1. The van der Waals surface area contributed by atoms with Crippen LogP contribution < -0.4 is 5.32 Å². The molecule has 29 heavy (non-hydrogen) atoms. The summed E-state index contributed by atoms with van der Waals surface area (Å²) in [7, 11) is 0. The van der Waals surface area contributed by atoms with Gasteiger partial charge >= 0.3 is 0 Å². The maximum absolute atomic E-state index is 13.1. The van der Waals surface area contributed by atoms with Gasteiger partial charge in [-0.1, -0.05) is 29.8 Å². The standard InChI is InChI=1S/C24H22N2OS2/c1-14-11-12-16(15(2)13-14)22(27)26-24-21(17-7-3-5-9-19(17)28-24)23-25-18-8-4-6-10-20(18)29-23/h4,6,8,10-13H,3,5,7,9H2,1-2H3,(H,26,27). The number of aromatic nitrogens is 1. The van der Waals surface area contributed by atoms with Gasteiger partial charge in [0.05, 0.1) is 10.2 Å². The van der Waals surface area contributed by atoms with Gasteiger partial charge in [0.1, 0.15) is 10.0 Å². The first-order chi connectivity index (χ1) is 14.1. The molecule has 0 fully saturated rings. The number of carbonyl (C=O) groups is 1. The van der Waals surface area contributed by atoms with Crippen LogP contribution in [0.25, 0.3) is 20.8 Å². The number of fused-ring (bicyclic) bond motifs is 2. The number of hydrogen-bond acceptors (Lipinski definition) is 4. The molecule has 0 saturated carbocycles. The van der Waals surface area contributed by atoms with Crippen molar-refractivity contribution in [3.63, 3.8) is 0 Å². The second kappa shape index (κ2) is 7.39. The third kappa shape index (κ3) is 3.38. The summed E-state index contributed by atoms with van der Waals surface area (Å²) in [6, 6.07) is 14.2. The largest absolute Gasteiger partial charge is 0.313 e. The zero-order chi connectivity index (χ0) is 20.0. The van der Waals surface area contributed by atoms with E-state index in [0.717, 1.165) is 45.1 Å². The second-order valence-electron chi connectivity index (χ2n) is 7.67. The smallest absolute Gasteiger partial charge is 0.256 e. The highest BCUT2D eigenvalue weighted by atomic mass is 32.1. The van der Waals surface area contributed by atoms with Crippen LogP contribution in [0.2, 0.25) is 0 Å². The molecule has 0 unspecified atom stereocenters. The average Bonchev–Trinajstić information content (AvgIpc) is 3.28. The summed E-state index contributed by atoms with van der Waals surface area (Å²) >= 11 is 3.45. The summed E-state index contributed by atoms with van der Waals surface area (Å²) in [5.41, 5.74) is 6.46. The first kappa shape index (κ1) is 18.5. The Bertz CT molecular complexity index is 1200. The van der Waals surface area contributed by atoms with Crippen LogP contribution in [-0.2, 0) is 12.8 Å². The monoisotopic (exact) mass is 418 g/mol. The molecule has 2 aromatic heterocycles. The molecule has 2 heterocycles. The van der Waals surface area contributed by atoms with Gasteiger partial charge in [0.2, 0.25) is 0 Å². The van der Waals surface area contributed by atoms with Gasteiger partial charge in [-0.2, -0.15) is 0 Å². The van der Waals surface area contributed by atoms with E-state index < -0.39 is 0 Å². The Kier molecular flexibility index (Phi) is 4.72. The Morgan fingerprint density at radius 3 is 2.69 bits per heavy atom. The fourth-order valence-electron chi connectivity index (χ4n) is 4.10. The molecule has 1 aliphatic carbocycles. The van der Waals surface area contributed by atoms with Gasteiger partial charge in [0.25, 0.3) is 5.91 Å². The lowest BCUT2D eigenvalue weighted by molar-refractivity contribution is 0.102. The van der Waals surface area contributed by atoms with E-state index in [4.69, 9.17) is 4.98 Å². The van der Waals surface area contributed by atoms with Gasteiger partial charge in [-0.05, 0) is 68.9 Å².